The summed E-state index contributed by atoms with van der Waals surface area (Å²) in [6.45, 7) is 4.60. The number of carbonyl (C=O) groups is 1. The maximum atomic E-state index is 12.5. The summed E-state index contributed by atoms with van der Waals surface area (Å²) in [4.78, 5) is 16.4. The van der Waals surface area contributed by atoms with Crippen LogP contribution in [0.3, 0.4) is 0 Å². The van der Waals surface area contributed by atoms with E-state index in [-0.39, 0.29) is 5.91 Å². The second kappa shape index (κ2) is 5.89. The van der Waals surface area contributed by atoms with Crippen LogP contribution in [0.2, 0.25) is 0 Å². The number of rotatable bonds is 4. The van der Waals surface area contributed by atoms with Gasteiger partial charge in [0.2, 0.25) is 0 Å². The minimum Gasteiger partial charge on any atom is -0.387 e. The number of hydrogen-bond acceptors (Lipinski definition) is 6. The van der Waals surface area contributed by atoms with E-state index in [1.54, 1.807) is 11.0 Å². The lowest BCUT2D eigenvalue weighted by molar-refractivity contribution is -0.0257. The lowest BCUT2D eigenvalue weighted by atomic mass is 10.0. The topological polar surface area (TPSA) is 79.0 Å². The van der Waals surface area contributed by atoms with Crippen LogP contribution >= 0.6 is 0 Å². The monoisotopic (exact) mass is 321 g/mol. The number of amides is 1. The quantitative estimate of drug-likeness (QED) is 0.868. The van der Waals surface area contributed by atoms with Crippen molar-refractivity contribution in [2.75, 3.05) is 45.9 Å². The van der Waals surface area contributed by atoms with Crippen LogP contribution in [0.25, 0.3) is 0 Å². The fraction of sp³-hybridized carbons (Fsp3) is 0.750. The first-order valence-corrected chi connectivity index (χ1v) is 8.41. The largest absolute Gasteiger partial charge is 0.387 e. The molecule has 0 bridgehead atoms. The highest BCUT2D eigenvalue weighted by Crippen LogP contribution is 2.40. The Morgan fingerprint density at radius 3 is 2.87 bits per heavy atom. The zero-order valence-electron chi connectivity index (χ0n) is 13.2. The van der Waals surface area contributed by atoms with Gasteiger partial charge in [0.15, 0.2) is 5.69 Å². The molecule has 0 aromatic carbocycles. The highest BCUT2D eigenvalue weighted by molar-refractivity contribution is 5.92. The van der Waals surface area contributed by atoms with E-state index in [0.717, 1.165) is 31.7 Å². The third-order valence-corrected chi connectivity index (χ3v) is 4.97. The zero-order valence-corrected chi connectivity index (χ0v) is 13.2. The average Bonchev–Trinajstić information content (AvgIpc) is 3.16. The maximum absolute atomic E-state index is 12.5. The van der Waals surface area contributed by atoms with Gasteiger partial charge < -0.3 is 19.3 Å². The standard InChI is InChI=1S/C16H23N3O4/c20-15(13-9-14(23-17-13)12-1-2-12)19-4-3-16(21,11-19)10-18-5-7-22-8-6-18/h9,12,21H,1-8,10-11H2. The fourth-order valence-corrected chi connectivity index (χ4v) is 3.45. The molecule has 1 aliphatic carbocycles. The molecular weight excluding hydrogens is 298 g/mol. The summed E-state index contributed by atoms with van der Waals surface area (Å²) in [5.74, 6) is 1.12. The molecule has 3 heterocycles. The summed E-state index contributed by atoms with van der Waals surface area (Å²) in [5.41, 5.74) is -0.474. The van der Waals surface area contributed by atoms with E-state index in [0.29, 0.717) is 50.9 Å². The van der Waals surface area contributed by atoms with Crippen molar-refractivity contribution in [1.82, 2.24) is 15.0 Å². The maximum Gasteiger partial charge on any atom is 0.276 e. The minimum absolute atomic E-state index is 0.140. The van der Waals surface area contributed by atoms with Crippen molar-refractivity contribution in [3.05, 3.63) is 17.5 Å². The van der Waals surface area contributed by atoms with Gasteiger partial charge in [-0.05, 0) is 19.3 Å². The van der Waals surface area contributed by atoms with Crippen LogP contribution in [-0.2, 0) is 4.74 Å². The molecule has 2 aliphatic heterocycles. The summed E-state index contributed by atoms with van der Waals surface area (Å²) in [6.07, 6.45) is 2.83. The SMILES string of the molecule is O=C(c1cc(C2CC2)on1)N1CCC(O)(CN2CCOCC2)C1. The van der Waals surface area contributed by atoms with Crippen molar-refractivity contribution in [3.8, 4) is 0 Å². The van der Waals surface area contributed by atoms with Crippen molar-refractivity contribution < 1.29 is 19.2 Å². The van der Waals surface area contributed by atoms with E-state index < -0.39 is 5.60 Å². The molecule has 4 rings (SSSR count). The van der Waals surface area contributed by atoms with Gasteiger partial charge in [-0.1, -0.05) is 5.16 Å². The van der Waals surface area contributed by atoms with Crippen molar-refractivity contribution in [2.24, 2.45) is 0 Å². The Morgan fingerprint density at radius 2 is 2.13 bits per heavy atom. The molecule has 7 nitrogen and oxygen atoms in total. The molecule has 1 saturated carbocycles. The second-order valence-electron chi connectivity index (χ2n) is 6.98. The van der Waals surface area contributed by atoms with E-state index in [1.165, 1.54) is 0 Å². The van der Waals surface area contributed by atoms with Gasteiger partial charge in [-0.2, -0.15) is 0 Å². The van der Waals surface area contributed by atoms with Gasteiger partial charge in [0.25, 0.3) is 5.91 Å². The number of aromatic nitrogens is 1. The molecule has 1 unspecified atom stereocenters. The van der Waals surface area contributed by atoms with Crippen LogP contribution in [0.4, 0.5) is 0 Å². The van der Waals surface area contributed by atoms with Crippen molar-refractivity contribution in [3.63, 3.8) is 0 Å². The van der Waals surface area contributed by atoms with Gasteiger partial charge in [0.1, 0.15) is 5.76 Å². The molecule has 1 aromatic heterocycles. The Kier molecular flexibility index (Phi) is 3.87. The summed E-state index contributed by atoms with van der Waals surface area (Å²) in [7, 11) is 0. The molecule has 1 amide bonds. The number of likely N-dealkylation sites (tertiary alicyclic amines) is 1. The van der Waals surface area contributed by atoms with Crippen LogP contribution in [0.15, 0.2) is 10.6 Å². The van der Waals surface area contributed by atoms with Crippen LogP contribution in [-0.4, -0.2) is 77.5 Å². The highest BCUT2D eigenvalue weighted by atomic mass is 16.5. The van der Waals surface area contributed by atoms with Gasteiger partial charge >= 0.3 is 0 Å². The number of ether oxygens (including phenoxy) is 1. The van der Waals surface area contributed by atoms with Crippen LogP contribution in [0, 0.1) is 0 Å². The fourth-order valence-electron chi connectivity index (χ4n) is 3.45. The van der Waals surface area contributed by atoms with Gasteiger partial charge in [-0.15, -0.1) is 0 Å². The molecule has 2 saturated heterocycles. The first-order chi connectivity index (χ1) is 11.1. The summed E-state index contributed by atoms with van der Waals surface area (Å²) in [6, 6.07) is 1.76. The third-order valence-electron chi connectivity index (χ3n) is 4.97. The first-order valence-electron chi connectivity index (χ1n) is 8.41. The van der Waals surface area contributed by atoms with E-state index >= 15 is 0 Å². The minimum atomic E-state index is -0.837. The number of hydrogen-bond donors (Lipinski definition) is 1. The lowest BCUT2D eigenvalue weighted by Gasteiger charge is -2.33. The zero-order chi connectivity index (χ0) is 15.9. The Morgan fingerprint density at radius 1 is 1.35 bits per heavy atom. The van der Waals surface area contributed by atoms with Gasteiger partial charge in [0, 0.05) is 38.2 Å². The van der Waals surface area contributed by atoms with E-state index in [9.17, 15) is 9.90 Å². The highest BCUT2D eigenvalue weighted by Gasteiger charge is 2.40. The normalized spacial score (nSPS) is 29.2. The van der Waals surface area contributed by atoms with E-state index in [2.05, 4.69) is 10.1 Å². The molecule has 0 spiro atoms. The Bertz CT molecular complexity index is 580. The van der Waals surface area contributed by atoms with Crippen LogP contribution < -0.4 is 0 Å². The molecule has 1 aromatic rings. The first kappa shape index (κ1) is 15.1. The number of nitrogens with zero attached hydrogens (tertiary/aromatic N) is 3. The second-order valence-corrected chi connectivity index (χ2v) is 6.98. The predicted octanol–water partition coefficient (Wildman–Crippen LogP) is 0.461. The number of β-amino-alcohol motifs (C(OH)–C–C–N with tert-alkyl or cyclic N) is 1. The van der Waals surface area contributed by atoms with Crippen LogP contribution in [0.1, 0.15) is 41.4 Å². The average molecular weight is 321 g/mol. The molecule has 126 valence electrons. The Labute approximate surface area is 135 Å². The number of carbonyl (C=O) groups excluding carboxylic acids is 1. The summed E-state index contributed by atoms with van der Waals surface area (Å²) in [5, 5.41) is 14.7. The lowest BCUT2D eigenvalue weighted by Crippen LogP contribution is -2.49. The number of morpholine rings is 1. The molecular formula is C16H23N3O4. The molecule has 1 atom stereocenters. The molecule has 3 fully saturated rings. The summed E-state index contributed by atoms with van der Waals surface area (Å²) >= 11 is 0. The number of aliphatic hydroxyl groups is 1. The van der Waals surface area contributed by atoms with Crippen molar-refractivity contribution >= 4 is 5.91 Å². The summed E-state index contributed by atoms with van der Waals surface area (Å²) < 4.78 is 10.6. The molecule has 1 N–H and O–H groups in total. The smallest absolute Gasteiger partial charge is 0.276 e. The Balaban J connectivity index is 1.37. The van der Waals surface area contributed by atoms with Crippen molar-refractivity contribution in [1.29, 1.82) is 0 Å². The molecule has 23 heavy (non-hydrogen) atoms. The van der Waals surface area contributed by atoms with E-state index in [4.69, 9.17) is 9.26 Å². The molecule has 0 radical (unpaired) electrons. The molecule has 7 heteroatoms. The van der Waals surface area contributed by atoms with Gasteiger partial charge in [-0.25, -0.2) is 0 Å². The van der Waals surface area contributed by atoms with Gasteiger partial charge in [0.05, 0.1) is 25.4 Å². The molecule has 3 aliphatic rings. The predicted molar refractivity (Wildman–Crippen MR) is 81.2 cm³/mol. The van der Waals surface area contributed by atoms with Gasteiger partial charge in [-0.3, -0.25) is 9.69 Å². The van der Waals surface area contributed by atoms with Crippen LogP contribution in [0.5, 0.6) is 0 Å². The van der Waals surface area contributed by atoms with Crippen molar-refractivity contribution in [2.45, 2.75) is 30.8 Å². The Hall–Kier alpha value is -1.44. The van der Waals surface area contributed by atoms with E-state index in [1.807, 2.05) is 0 Å². The third kappa shape index (κ3) is 3.27.